The van der Waals surface area contributed by atoms with Crippen molar-refractivity contribution in [1.29, 1.82) is 0 Å². The van der Waals surface area contributed by atoms with E-state index in [9.17, 15) is 85.3 Å². The molecule has 500 valence electrons. The van der Waals surface area contributed by atoms with Gasteiger partial charge in [-0.1, -0.05) is 44.4 Å². The minimum atomic E-state index is -2.03. The van der Waals surface area contributed by atoms with E-state index in [1.54, 1.807) is 12.1 Å². The Morgan fingerprint density at radius 1 is 0.455 bits per heavy atom. The molecule has 0 spiro atoms. The number of ether oxygens (including phenoxy) is 10. The minimum Gasteiger partial charge on any atom is -0.494 e. The Balaban J connectivity index is 1.18. The lowest BCUT2D eigenvalue weighted by Crippen LogP contribution is -2.72. The van der Waals surface area contributed by atoms with Gasteiger partial charge in [-0.2, -0.15) is 0 Å². The van der Waals surface area contributed by atoms with Crippen molar-refractivity contribution in [3.63, 3.8) is 0 Å². The number of aliphatic hydroxyl groups excluding tert-OH is 12. The summed E-state index contributed by atoms with van der Waals surface area (Å²) in [7, 11) is 0. The van der Waals surface area contributed by atoms with E-state index >= 15 is 0 Å². The first kappa shape index (κ1) is 72.3. The number of benzene rings is 1. The Bertz CT molecular complexity index is 2400. The van der Waals surface area contributed by atoms with Crippen LogP contribution >= 0.6 is 0 Å². The average Bonchev–Trinajstić information content (AvgIpc) is 1.44. The molecule has 0 radical (unpaired) electrons. The van der Waals surface area contributed by atoms with Gasteiger partial charge in [-0.3, -0.25) is 24.0 Å². The van der Waals surface area contributed by atoms with Gasteiger partial charge >= 0.3 is 0 Å². The molecule has 12 unspecified atom stereocenters. The predicted molar refractivity (Wildman–Crippen MR) is 297 cm³/mol. The zero-order chi connectivity index (χ0) is 64.5. The number of carbonyl (C=O) groups excluding carboxylic acids is 5. The van der Waals surface area contributed by atoms with Crippen LogP contribution in [0.1, 0.15) is 89.9 Å². The molecule has 88 heavy (non-hydrogen) atoms. The SMILES string of the molecule is CCCCCCC=CCCCOc1cccc(C(=O)N[C@@H]2C(O[C@H]3C(O)C(NC(C)=O)C(OC4C(CO)O[C@@H](O[C@H]5C(O)C(NC(C)=O)C(OC6C(CO)O[C@@H](O)[C@@H](NC(C)=O)[C@H]6O)O[C@H]5CO)[C@@H](NC(C)=O)[C@H]4O)O[C@H]3CO)OC(CO)[C@@H](O)[C@@H]2O)c1. The van der Waals surface area contributed by atoms with Gasteiger partial charge in [0.25, 0.3) is 5.91 Å². The third kappa shape index (κ3) is 18.7. The zero-order valence-corrected chi connectivity index (χ0v) is 49.6. The number of nitrogens with one attached hydrogen (secondary N) is 5. The van der Waals surface area contributed by atoms with Crippen LogP contribution in [0.4, 0.5) is 0 Å². The Morgan fingerprint density at radius 3 is 1.24 bits per heavy atom. The van der Waals surface area contributed by atoms with E-state index in [1.807, 2.05) is 0 Å². The van der Waals surface area contributed by atoms with Gasteiger partial charge in [-0.05, 0) is 43.9 Å². The van der Waals surface area contributed by atoms with Crippen molar-refractivity contribution in [2.75, 3.05) is 39.6 Å². The first-order valence-electron chi connectivity index (χ1n) is 29.5. The smallest absolute Gasteiger partial charge is 0.251 e. The van der Waals surface area contributed by atoms with Crippen molar-refractivity contribution in [2.24, 2.45) is 0 Å². The molecule has 25 atom stereocenters. The molecule has 0 aromatic heterocycles. The van der Waals surface area contributed by atoms with Crippen LogP contribution in [0.15, 0.2) is 36.4 Å². The van der Waals surface area contributed by atoms with Gasteiger partial charge in [-0.25, -0.2) is 0 Å². The van der Waals surface area contributed by atoms with E-state index < -0.39 is 216 Å². The van der Waals surface area contributed by atoms with Gasteiger partial charge in [-0.15, -0.1) is 0 Å². The molecule has 0 aliphatic carbocycles. The van der Waals surface area contributed by atoms with Crippen LogP contribution in [0, 0.1) is 0 Å². The quantitative estimate of drug-likeness (QED) is 0.0262. The van der Waals surface area contributed by atoms with Crippen LogP contribution in [0.25, 0.3) is 0 Å². The lowest BCUT2D eigenvalue weighted by atomic mass is 9.93. The second-order valence-corrected chi connectivity index (χ2v) is 22.2. The molecule has 5 aliphatic heterocycles. The van der Waals surface area contributed by atoms with Gasteiger partial charge in [0.2, 0.25) is 23.6 Å². The first-order chi connectivity index (χ1) is 42.0. The number of unbranched alkanes of at least 4 members (excludes halogenated alkanes) is 5. The van der Waals surface area contributed by atoms with Gasteiger partial charge in [0, 0.05) is 33.3 Å². The van der Waals surface area contributed by atoms with E-state index in [2.05, 4.69) is 45.7 Å². The molecule has 5 heterocycles. The van der Waals surface area contributed by atoms with Gasteiger partial charge in [0.1, 0.15) is 128 Å². The summed E-state index contributed by atoms with van der Waals surface area (Å²) in [5.41, 5.74) is 0.0576. The van der Waals surface area contributed by atoms with Crippen LogP contribution in [0.2, 0.25) is 0 Å². The predicted octanol–water partition coefficient (Wildman–Crippen LogP) is -6.23. The average molecular weight is 1260 g/mol. The molecular weight excluding hydrogens is 1170 g/mol. The second kappa shape index (κ2) is 34.6. The summed E-state index contributed by atoms with van der Waals surface area (Å²) < 4.78 is 59.8. The minimum absolute atomic E-state index is 0.0576. The Hall–Kier alpha value is -4.73. The van der Waals surface area contributed by atoms with Crippen LogP contribution in [-0.2, 0) is 61.8 Å². The summed E-state index contributed by atoms with van der Waals surface area (Å²) in [4.78, 5) is 64.1. The van der Waals surface area contributed by atoms with Gasteiger partial charge in [0.15, 0.2) is 31.5 Å². The molecule has 0 saturated carbocycles. The van der Waals surface area contributed by atoms with Crippen LogP contribution in [0.5, 0.6) is 5.75 Å². The van der Waals surface area contributed by atoms with Gasteiger partial charge < -0.3 is 135 Å². The normalized spacial score (nSPS) is 37.8. The molecule has 5 aliphatic rings. The van der Waals surface area contributed by atoms with Crippen molar-refractivity contribution in [3.05, 3.63) is 42.0 Å². The third-order valence-corrected chi connectivity index (χ3v) is 15.5. The summed E-state index contributed by atoms with van der Waals surface area (Å²) in [6.07, 6.45) is -24.4. The zero-order valence-electron chi connectivity index (χ0n) is 49.6. The highest BCUT2D eigenvalue weighted by Gasteiger charge is 2.58. The molecule has 1 aromatic rings. The molecule has 32 nitrogen and oxygen atoms in total. The number of hydrogen-bond acceptors (Lipinski definition) is 27. The van der Waals surface area contributed by atoms with Crippen molar-refractivity contribution in [2.45, 2.75) is 233 Å². The highest BCUT2D eigenvalue weighted by molar-refractivity contribution is 5.94. The largest absolute Gasteiger partial charge is 0.494 e. The lowest BCUT2D eigenvalue weighted by Gasteiger charge is -2.51. The number of aliphatic hydroxyl groups is 12. The molecule has 0 bridgehead atoms. The molecule has 5 saturated heterocycles. The summed E-state index contributed by atoms with van der Waals surface area (Å²) in [5.74, 6) is -3.54. The van der Waals surface area contributed by atoms with Crippen molar-refractivity contribution < 1.29 is 133 Å². The van der Waals surface area contributed by atoms with E-state index in [4.69, 9.17) is 47.4 Å². The number of hydrogen-bond donors (Lipinski definition) is 17. The van der Waals surface area contributed by atoms with Crippen molar-refractivity contribution >= 4 is 29.5 Å². The molecular formula is C56H89N5O27. The maximum Gasteiger partial charge on any atom is 0.251 e. The lowest BCUT2D eigenvalue weighted by molar-refractivity contribution is -0.367. The summed E-state index contributed by atoms with van der Waals surface area (Å²) in [6, 6.07) is -2.18. The fraction of sp³-hybridized carbons (Fsp3) is 0.768. The van der Waals surface area contributed by atoms with Gasteiger partial charge in [0.05, 0.1) is 39.6 Å². The summed E-state index contributed by atoms with van der Waals surface area (Å²) in [5, 5.41) is 145. The molecule has 1 aromatic carbocycles. The molecule has 6 rings (SSSR count). The number of allylic oxidation sites excluding steroid dienone is 2. The van der Waals surface area contributed by atoms with Crippen molar-refractivity contribution in [1.82, 2.24) is 26.6 Å². The van der Waals surface area contributed by atoms with E-state index in [0.29, 0.717) is 18.8 Å². The standard InChI is InChI=1S/C56H89N5O27/c1-6-7-8-9-10-11-12-13-14-18-79-30-17-15-16-29(19-30)51(77)61-37-42(72)41(71)31(20-62)81-53(37)86-48-33(22-64)83-55(39(44(48)74)59-27(4)69)88-50-35(24-66)84-56(40(46(50)76)60-28(5)70)87-49-34(23-65)82-54(38(45(49)75)58-26(3)68)85-47-32(21-63)80-52(78)36(43(47)73)57-25(2)67/h11-12,15-17,19,31-50,52-56,62-66,71-76,78H,6-10,13-14,18,20-24H2,1-5H3,(H,57,67)(H,58,68)(H,59,69)(H,60,70)(H,61,77)/t31?,32?,33-,34-,35?,36-,37-,38?,39?,40-,41+,42+,43+,44?,45?,46+,47?,48+,49+,50?,52+,53?,54?,55?,56-/m0/s1. The Morgan fingerprint density at radius 2 is 0.830 bits per heavy atom. The monoisotopic (exact) mass is 1260 g/mol. The fourth-order valence-corrected chi connectivity index (χ4v) is 11.1. The van der Waals surface area contributed by atoms with E-state index in [0.717, 1.165) is 53.4 Å². The van der Waals surface area contributed by atoms with Crippen LogP contribution in [-0.4, -0.2) is 284 Å². The summed E-state index contributed by atoms with van der Waals surface area (Å²) >= 11 is 0. The highest BCUT2D eigenvalue weighted by Crippen LogP contribution is 2.36. The second-order valence-electron chi connectivity index (χ2n) is 22.2. The molecule has 5 amide bonds. The third-order valence-electron chi connectivity index (χ3n) is 15.5. The number of rotatable bonds is 29. The molecule has 17 N–H and O–H groups in total. The maximum atomic E-state index is 13.9. The first-order valence-corrected chi connectivity index (χ1v) is 29.5. The molecule has 32 heteroatoms. The summed E-state index contributed by atoms with van der Waals surface area (Å²) in [6.45, 7) is 2.01. The Labute approximate surface area is 507 Å². The fourth-order valence-electron chi connectivity index (χ4n) is 11.1. The van der Waals surface area contributed by atoms with E-state index in [1.165, 1.54) is 25.0 Å². The molecule has 5 fully saturated rings. The van der Waals surface area contributed by atoms with Crippen LogP contribution < -0.4 is 31.3 Å². The maximum absolute atomic E-state index is 13.9. The Kier molecular flexibility index (Phi) is 28.5. The van der Waals surface area contributed by atoms with E-state index in [-0.39, 0.29) is 5.56 Å². The topological polar surface area (TPSA) is 481 Å². The van der Waals surface area contributed by atoms with Crippen LogP contribution in [0.3, 0.4) is 0 Å². The van der Waals surface area contributed by atoms with Crippen molar-refractivity contribution in [3.8, 4) is 5.75 Å². The number of amides is 5. The number of carbonyl (C=O) groups is 5. The highest BCUT2D eigenvalue weighted by atomic mass is 16.8.